The highest BCUT2D eigenvalue weighted by molar-refractivity contribution is 7.92. The van der Waals surface area contributed by atoms with Crippen LogP contribution in [-0.4, -0.2) is 44.3 Å². The largest absolute Gasteiger partial charge is 0.354 e. The van der Waals surface area contributed by atoms with Gasteiger partial charge in [-0.1, -0.05) is 54.9 Å². The molecule has 1 N–H and O–H groups in total. The van der Waals surface area contributed by atoms with Crippen LogP contribution in [0.15, 0.2) is 77.7 Å². The number of rotatable bonds is 11. The van der Waals surface area contributed by atoms with Crippen LogP contribution in [0.1, 0.15) is 25.8 Å². The summed E-state index contributed by atoms with van der Waals surface area (Å²) in [7, 11) is -4.32. The third-order valence-electron chi connectivity index (χ3n) is 5.82. The SMILES string of the molecule is CCCNC(=O)[C@@H](C)N(Cc1ccccc1F)C(=O)CN(c1ccc(F)c(Cl)c1)S(=O)(=O)c1ccccc1. The Balaban J connectivity index is 2.04. The van der Waals surface area contributed by atoms with E-state index in [4.69, 9.17) is 11.6 Å². The Kier molecular flexibility index (Phi) is 9.82. The van der Waals surface area contributed by atoms with E-state index < -0.39 is 46.1 Å². The van der Waals surface area contributed by atoms with Crippen molar-refractivity contribution >= 4 is 39.1 Å². The third-order valence-corrected chi connectivity index (χ3v) is 7.89. The fraction of sp³-hybridized carbons (Fsp3) is 0.259. The maximum Gasteiger partial charge on any atom is 0.264 e. The van der Waals surface area contributed by atoms with E-state index in [2.05, 4.69) is 5.32 Å². The van der Waals surface area contributed by atoms with Gasteiger partial charge in [0.25, 0.3) is 10.0 Å². The number of nitrogens with one attached hydrogen (secondary N) is 1. The molecule has 0 aliphatic rings. The molecule has 0 radical (unpaired) electrons. The highest BCUT2D eigenvalue weighted by Gasteiger charge is 2.33. The van der Waals surface area contributed by atoms with Gasteiger partial charge in [0.1, 0.15) is 24.2 Å². The van der Waals surface area contributed by atoms with Crippen molar-refractivity contribution in [2.24, 2.45) is 0 Å². The topological polar surface area (TPSA) is 86.8 Å². The second kappa shape index (κ2) is 12.8. The molecule has 2 amide bonds. The molecule has 11 heteroatoms. The molecule has 0 heterocycles. The zero-order valence-corrected chi connectivity index (χ0v) is 22.5. The van der Waals surface area contributed by atoms with E-state index >= 15 is 0 Å². The van der Waals surface area contributed by atoms with Gasteiger partial charge >= 0.3 is 0 Å². The highest BCUT2D eigenvalue weighted by Crippen LogP contribution is 2.28. The number of carbonyl (C=O) groups excluding carboxylic acids is 2. The molecule has 0 fully saturated rings. The normalized spacial score (nSPS) is 12.0. The Bertz CT molecular complexity index is 1390. The minimum Gasteiger partial charge on any atom is -0.354 e. The Morgan fingerprint density at radius 2 is 1.63 bits per heavy atom. The van der Waals surface area contributed by atoms with Crippen LogP contribution in [0, 0.1) is 11.6 Å². The first-order valence-corrected chi connectivity index (χ1v) is 13.7. The van der Waals surface area contributed by atoms with Crippen molar-refractivity contribution in [2.45, 2.75) is 37.8 Å². The van der Waals surface area contributed by atoms with Gasteiger partial charge in [0, 0.05) is 18.7 Å². The Morgan fingerprint density at radius 1 is 0.974 bits per heavy atom. The predicted octanol–water partition coefficient (Wildman–Crippen LogP) is 4.76. The van der Waals surface area contributed by atoms with Gasteiger partial charge in [-0.3, -0.25) is 13.9 Å². The first-order chi connectivity index (χ1) is 18.1. The lowest BCUT2D eigenvalue weighted by atomic mass is 10.1. The van der Waals surface area contributed by atoms with Crippen molar-refractivity contribution in [1.82, 2.24) is 10.2 Å². The van der Waals surface area contributed by atoms with E-state index in [1.807, 2.05) is 6.92 Å². The number of amides is 2. The number of hydrogen-bond donors (Lipinski definition) is 1. The quantitative estimate of drug-likeness (QED) is 0.364. The Morgan fingerprint density at radius 3 is 2.26 bits per heavy atom. The average Bonchev–Trinajstić information content (AvgIpc) is 2.91. The molecule has 0 spiro atoms. The van der Waals surface area contributed by atoms with Crippen molar-refractivity contribution in [2.75, 3.05) is 17.4 Å². The number of sulfonamides is 1. The highest BCUT2D eigenvalue weighted by atomic mass is 35.5. The monoisotopic (exact) mass is 563 g/mol. The van der Waals surface area contributed by atoms with Gasteiger partial charge in [-0.25, -0.2) is 17.2 Å². The summed E-state index contributed by atoms with van der Waals surface area (Å²) in [4.78, 5) is 27.5. The Labute approximate surface area is 226 Å². The standard InChI is InChI=1S/C27H28ClF2N3O4S/c1-3-15-31-27(35)19(2)32(17-20-9-7-8-12-24(20)29)26(34)18-33(21-13-14-25(30)23(28)16-21)38(36,37)22-10-5-4-6-11-22/h4-14,16,19H,3,15,17-18H2,1-2H3,(H,31,35)/t19-/m1/s1. The van der Waals surface area contributed by atoms with Crippen molar-refractivity contribution in [3.8, 4) is 0 Å². The molecule has 3 rings (SSSR count). The summed E-state index contributed by atoms with van der Waals surface area (Å²) in [5.74, 6) is -2.59. The summed E-state index contributed by atoms with van der Waals surface area (Å²) in [6.45, 7) is 2.68. The first-order valence-electron chi connectivity index (χ1n) is 11.9. The fourth-order valence-electron chi connectivity index (χ4n) is 3.68. The molecule has 3 aromatic rings. The van der Waals surface area contributed by atoms with E-state index in [1.165, 1.54) is 55.5 Å². The second-order valence-corrected chi connectivity index (χ2v) is 10.8. The third kappa shape index (κ3) is 6.87. The summed E-state index contributed by atoms with van der Waals surface area (Å²) in [5.41, 5.74) is 0.0980. The van der Waals surface area contributed by atoms with Crippen LogP contribution < -0.4 is 9.62 Å². The van der Waals surface area contributed by atoms with Crippen LogP contribution in [0.3, 0.4) is 0 Å². The summed E-state index contributed by atoms with van der Waals surface area (Å²) in [5, 5.41) is 2.37. The summed E-state index contributed by atoms with van der Waals surface area (Å²) in [6, 6.07) is 15.4. The van der Waals surface area contributed by atoms with Gasteiger partial charge in [0.2, 0.25) is 11.8 Å². The molecule has 0 bridgehead atoms. The number of halogens is 3. The zero-order valence-electron chi connectivity index (χ0n) is 20.9. The zero-order chi connectivity index (χ0) is 27.9. The van der Waals surface area contributed by atoms with E-state index in [0.29, 0.717) is 13.0 Å². The van der Waals surface area contributed by atoms with Crippen LogP contribution >= 0.6 is 11.6 Å². The summed E-state index contributed by atoms with van der Waals surface area (Å²) >= 11 is 5.93. The molecular formula is C27H28ClF2N3O4S. The van der Waals surface area contributed by atoms with Crippen molar-refractivity contribution in [3.05, 3.63) is 95.0 Å². The van der Waals surface area contributed by atoms with Gasteiger partial charge in [0.15, 0.2) is 0 Å². The second-order valence-electron chi connectivity index (χ2n) is 8.50. The number of benzene rings is 3. The first kappa shape index (κ1) is 29.1. The number of nitrogens with zero attached hydrogens (tertiary/aromatic N) is 2. The smallest absolute Gasteiger partial charge is 0.264 e. The molecule has 38 heavy (non-hydrogen) atoms. The fourth-order valence-corrected chi connectivity index (χ4v) is 5.28. The maximum atomic E-state index is 14.5. The van der Waals surface area contributed by atoms with Crippen LogP contribution in [0.5, 0.6) is 0 Å². The number of hydrogen-bond acceptors (Lipinski definition) is 4. The lowest BCUT2D eigenvalue weighted by Crippen LogP contribution is -2.51. The van der Waals surface area contributed by atoms with Gasteiger partial charge < -0.3 is 10.2 Å². The van der Waals surface area contributed by atoms with Crippen LogP contribution in [-0.2, 0) is 26.2 Å². The molecular weight excluding hydrogens is 536 g/mol. The molecule has 7 nitrogen and oxygen atoms in total. The van der Waals surface area contributed by atoms with Crippen molar-refractivity contribution in [3.63, 3.8) is 0 Å². The van der Waals surface area contributed by atoms with E-state index in [-0.39, 0.29) is 27.7 Å². The predicted molar refractivity (Wildman–Crippen MR) is 142 cm³/mol. The van der Waals surface area contributed by atoms with Gasteiger partial charge in [-0.05, 0) is 49.7 Å². The molecule has 0 aliphatic heterocycles. The lowest BCUT2D eigenvalue weighted by Gasteiger charge is -2.32. The minimum atomic E-state index is -4.32. The van der Waals surface area contributed by atoms with Crippen LogP contribution in [0.25, 0.3) is 0 Å². The van der Waals surface area contributed by atoms with E-state index in [9.17, 15) is 26.8 Å². The minimum absolute atomic E-state index is 0.0532. The Hall–Kier alpha value is -3.50. The lowest BCUT2D eigenvalue weighted by molar-refractivity contribution is -0.139. The van der Waals surface area contributed by atoms with Crippen LogP contribution in [0.2, 0.25) is 5.02 Å². The van der Waals surface area contributed by atoms with Crippen LogP contribution in [0.4, 0.5) is 14.5 Å². The molecule has 0 unspecified atom stereocenters. The average molecular weight is 564 g/mol. The van der Waals surface area contributed by atoms with E-state index in [0.717, 1.165) is 21.3 Å². The number of anilines is 1. The maximum absolute atomic E-state index is 14.5. The van der Waals surface area contributed by atoms with Crippen molar-refractivity contribution in [1.29, 1.82) is 0 Å². The van der Waals surface area contributed by atoms with Gasteiger partial charge in [-0.15, -0.1) is 0 Å². The van der Waals surface area contributed by atoms with Gasteiger partial charge in [0.05, 0.1) is 15.6 Å². The molecule has 0 aromatic heterocycles. The molecule has 3 aromatic carbocycles. The molecule has 0 saturated carbocycles. The van der Waals surface area contributed by atoms with Gasteiger partial charge in [-0.2, -0.15) is 0 Å². The molecule has 1 atom stereocenters. The summed E-state index contributed by atoms with van der Waals surface area (Å²) < 4.78 is 56.4. The summed E-state index contributed by atoms with van der Waals surface area (Å²) in [6.07, 6.45) is 0.661. The molecule has 0 aliphatic carbocycles. The molecule has 202 valence electrons. The molecule has 0 saturated heterocycles. The number of carbonyl (C=O) groups is 2. The van der Waals surface area contributed by atoms with Crippen molar-refractivity contribution < 1.29 is 26.8 Å². The van der Waals surface area contributed by atoms with E-state index in [1.54, 1.807) is 12.1 Å².